The molecule has 0 spiro atoms. The van der Waals surface area contributed by atoms with Gasteiger partial charge in [-0.25, -0.2) is 0 Å². The third-order valence-corrected chi connectivity index (χ3v) is 5.66. The number of carbonyl (C=O) groups excluding carboxylic acids is 1. The van der Waals surface area contributed by atoms with Crippen LogP contribution < -0.4 is 20.3 Å². The number of piperidine rings is 1. The first-order valence-corrected chi connectivity index (χ1v) is 10.5. The first-order chi connectivity index (χ1) is 15.6. The molecule has 0 bridgehead atoms. The van der Waals surface area contributed by atoms with Crippen molar-refractivity contribution >= 4 is 23.6 Å². The fraction of sp³-hybridized carbons (Fsp3) is 0.391. The fourth-order valence-electron chi connectivity index (χ4n) is 4.03. The van der Waals surface area contributed by atoms with Crippen molar-refractivity contribution in [3.05, 3.63) is 47.0 Å². The summed E-state index contributed by atoms with van der Waals surface area (Å²) in [5, 5.41) is 23.4. The number of nitrogens with zero attached hydrogens (tertiary/aromatic N) is 1. The Morgan fingerprint density at radius 3 is 2.58 bits per heavy atom. The molecule has 3 rings (SSSR count). The molecule has 2 aromatic rings. The highest BCUT2D eigenvalue weighted by Crippen LogP contribution is 2.38. The van der Waals surface area contributed by atoms with Gasteiger partial charge in [0.1, 0.15) is 23.6 Å². The maximum Gasteiger partial charge on any atom is 0.405 e. The smallest absolute Gasteiger partial charge is 0.405 e. The number of aryl methyl sites for hydroxylation is 1. The second-order valence-electron chi connectivity index (χ2n) is 7.91. The van der Waals surface area contributed by atoms with E-state index >= 15 is 0 Å². The molecule has 1 aliphatic rings. The molecule has 1 amide bonds. The van der Waals surface area contributed by atoms with Gasteiger partial charge in [0.25, 0.3) is 5.91 Å². The van der Waals surface area contributed by atoms with Gasteiger partial charge in [-0.05, 0) is 56.0 Å². The lowest BCUT2D eigenvalue weighted by atomic mass is 9.89. The van der Waals surface area contributed by atoms with Crippen molar-refractivity contribution in [3.8, 4) is 11.5 Å². The van der Waals surface area contributed by atoms with Crippen LogP contribution in [0.15, 0.2) is 30.3 Å². The van der Waals surface area contributed by atoms with Gasteiger partial charge in [0.15, 0.2) is 0 Å². The molecule has 4 N–H and O–H groups in total. The van der Waals surface area contributed by atoms with E-state index in [1.165, 1.54) is 29.7 Å². The summed E-state index contributed by atoms with van der Waals surface area (Å²) in [5.74, 6) is -1.32. The average Bonchev–Trinajstić information content (AvgIpc) is 2.78. The summed E-state index contributed by atoms with van der Waals surface area (Å²) < 4.78 is 42.5. The van der Waals surface area contributed by atoms with Gasteiger partial charge in [-0.2, -0.15) is 13.2 Å². The van der Waals surface area contributed by atoms with Gasteiger partial charge in [0, 0.05) is 17.8 Å². The van der Waals surface area contributed by atoms with E-state index in [1.54, 1.807) is 5.32 Å². The Bertz CT molecular complexity index is 1020. The topological polar surface area (TPSA) is 97.7 Å². The van der Waals surface area contributed by atoms with Crippen molar-refractivity contribution in [2.24, 2.45) is 0 Å². The number of anilines is 2. The number of amides is 1. The van der Waals surface area contributed by atoms with Gasteiger partial charge < -0.3 is 25.4 Å². The van der Waals surface area contributed by atoms with E-state index in [0.29, 0.717) is 17.3 Å². The van der Waals surface area contributed by atoms with Gasteiger partial charge in [-0.3, -0.25) is 10.2 Å². The molecule has 10 heteroatoms. The van der Waals surface area contributed by atoms with Crippen molar-refractivity contribution < 1.29 is 27.8 Å². The van der Waals surface area contributed by atoms with Crippen molar-refractivity contribution in [1.29, 1.82) is 5.41 Å². The van der Waals surface area contributed by atoms with Gasteiger partial charge in [0.05, 0.1) is 19.1 Å². The molecule has 7 nitrogen and oxygen atoms in total. The fourth-order valence-corrected chi connectivity index (χ4v) is 4.03. The number of rotatable bonds is 7. The van der Waals surface area contributed by atoms with Crippen molar-refractivity contribution in [2.75, 3.05) is 31.6 Å². The number of phenols is 1. The van der Waals surface area contributed by atoms with Crippen molar-refractivity contribution in [1.82, 2.24) is 10.6 Å². The van der Waals surface area contributed by atoms with E-state index in [4.69, 9.17) is 10.1 Å². The van der Waals surface area contributed by atoms with Crippen LogP contribution >= 0.6 is 0 Å². The monoisotopic (exact) mass is 464 g/mol. The Labute approximate surface area is 190 Å². The molecule has 0 aliphatic carbocycles. The number of carbonyl (C=O) groups is 1. The second-order valence-corrected chi connectivity index (χ2v) is 7.91. The van der Waals surface area contributed by atoms with Gasteiger partial charge in [-0.15, -0.1) is 0 Å². The molecule has 1 heterocycles. The molecular weight excluding hydrogens is 437 g/mol. The van der Waals surface area contributed by atoms with E-state index in [-0.39, 0.29) is 5.75 Å². The normalized spacial score (nSPS) is 14.6. The number of ether oxygens (including phenoxy) is 1. The Balaban J connectivity index is 1.91. The van der Waals surface area contributed by atoms with Crippen molar-refractivity contribution in [2.45, 2.75) is 31.9 Å². The maximum absolute atomic E-state index is 12.5. The number of aromatic hydroxyl groups is 1. The highest BCUT2D eigenvalue weighted by molar-refractivity contribution is 6.01. The van der Waals surface area contributed by atoms with Gasteiger partial charge in [0.2, 0.25) is 0 Å². The summed E-state index contributed by atoms with van der Waals surface area (Å²) in [6, 6.07) is 8.61. The minimum atomic E-state index is -4.59. The predicted octanol–water partition coefficient (Wildman–Crippen LogP) is 4.21. The average molecular weight is 464 g/mol. The van der Waals surface area contributed by atoms with Crippen LogP contribution in [0.5, 0.6) is 11.5 Å². The van der Waals surface area contributed by atoms with Crippen LogP contribution in [0.2, 0.25) is 0 Å². The number of methoxy groups -OCH3 is 1. The quantitative estimate of drug-likeness (QED) is 0.364. The first-order valence-electron chi connectivity index (χ1n) is 10.5. The van der Waals surface area contributed by atoms with Gasteiger partial charge >= 0.3 is 6.18 Å². The van der Waals surface area contributed by atoms with Crippen LogP contribution in [0.4, 0.5) is 24.5 Å². The summed E-state index contributed by atoms with van der Waals surface area (Å²) in [6.07, 6.45) is -1.43. The third-order valence-electron chi connectivity index (χ3n) is 5.66. The standard InChI is InChI=1S/C23H27F3N4O3/c1-14-9-16(15-5-7-28-8-6-15)3-4-18(14)30(13-27)17-10-19(31)21(20(11-17)33-2)22(32)29-12-23(24,25)26/h3-4,9-11,13,15,27-28,31H,5-8,12H2,1-2H3,(H,29,32). The van der Waals surface area contributed by atoms with Gasteiger partial charge in [-0.1, -0.05) is 12.1 Å². The number of alkyl halides is 3. The van der Waals surface area contributed by atoms with E-state index in [2.05, 4.69) is 11.4 Å². The molecule has 178 valence electrons. The molecule has 1 saturated heterocycles. The maximum atomic E-state index is 12.5. The SMILES string of the molecule is COc1cc(N(C=N)c2ccc(C3CCNCC3)cc2C)cc(O)c1C(=O)NCC(F)(F)F. The molecule has 1 aliphatic heterocycles. The summed E-state index contributed by atoms with van der Waals surface area (Å²) in [7, 11) is 1.24. The van der Waals surface area contributed by atoms with Crippen LogP contribution in [0.1, 0.15) is 40.2 Å². The van der Waals surface area contributed by atoms with Crippen LogP contribution in [0, 0.1) is 12.3 Å². The van der Waals surface area contributed by atoms with Crippen LogP contribution in [0.25, 0.3) is 0 Å². The molecule has 0 aromatic heterocycles. The second kappa shape index (κ2) is 10.1. The molecule has 0 saturated carbocycles. The Morgan fingerprint density at radius 1 is 1.30 bits per heavy atom. The first kappa shape index (κ1) is 24.4. The molecule has 2 aromatic carbocycles. The highest BCUT2D eigenvalue weighted by Gasteiger charge is 2.30. The number of halogens is 3. The van der Waals surface area contributed by atoms with E-state index in [0.717, 1.165) is 37.8 Å². The zero-order valence-electron chi connectivity index (χ0n) is 18.4. The Hall–Kier alpha value is -3.27. The molecular formula is C23H27F3N4O3. The van der Waals surface area contributed by atoms with E-state index < -0.39 is 29.9 Å². The summed E-state index contributed by atoms with van der Waals surface area (Å²) in [5.41, 5.74) is 2.75. The molecule has 0 atom stereocenters. The number of hydrogen-bond acceptors (Lipinski definition) is 5. The minimum Gasteiger partial charge on any atom is -0.507 e. The number of nitrogens with one attached hydrogen (secondary N) is 3. The van der Waals surface area contributed by atoms with Crippen LogP contribution in [-0.4, -0.2) is 50.3 Å². The summed E-state index contributed by atoms with van der Waals surface area (Å²) >= 11 is 0. The Kier molecular flexibility index (Phi) is 7.47. The lowest BCUT2D eigenvalue weighted by Gasteiger charge is -2.26. The number of hydrogen-bond donors (Lipinski definition) is 4. The third kappa shape index (κ3) is 5.75. The lowest BCUT2D eigenvalue weighted by Crippen LogP contribution is -2.34. The van der Waals surface area contributed by atoms with Crippen molar-refractivity contribution in [3.63, 3.8) is 0 Å². The zero-order chi connectivity index (χ0) is 24.2. The highest BCUT2D eigenvalue weighted by atomic mass is 19.4. The largest absolute Gasteiger partial charge is 0.507 e. The number of phenolic OH excluding ortho intramolecular Hbond substituents is 1. The summed E-state index contributed by atoms with van der Waals surface area (Å²) in [4.78, 5) is 13.7. The van der Waals surface area contributed by atoms with Crippen LogP contribution in [0.3, 0.4) is 0 Å². The van der Waals surface area contributed by atoms with E-state index in [1.807, 2.05) is 19.1 Å². The molecule has 0 radical (unpaired) electrons. The lowest BCUT2D eigenvalue weighted by molar-refractivity contribution is -0.123. The van der Waals surface area contributed by atoms with Crippen LogP contribution in [-0.2, 0) is 0 Å². The molecule has 1 fully saturated rings. The Morgan fingerprint density at radius 2 is 2.00 bits per heavy atom. The molecule has 0 unspecified atom stereocenters. The summed E-state index contributed by atoms with van der Waals surface area (Å²) in [6.45, 7) is 2.33. The molecule has 33 heavy (non-hydrogen) atoms. The number of benzene rings is 2. The zero-order valence-corrected chi connectivity index (χ0v) is 18.4. The predicted molar refractivity (Wildman–Crippen MR) is 120 cm³/mol. The minimum absolute atomic E-state index is 0.111. The van der Waals surface area contributed by atoms with E-state index in [9.17, 15) is 23.1 Å².